The third-order valence-corrected chi connectivity index (χ3v) is 3.05. The molecule has 2 nitrogen and oxygen atoms in total. The van der Waals surface area contributed by atoms with E-state index in [4.69, 9.17) is 0 Å². The maximum absolute atomic E-state index is 10.1. The quantitative estimate of drug-likeness (QED) is 0.806. The van der Waals surface area contributed by atoms with Gasteiger partial charge in [0, 0.05) is 11.6 Å². The van der Waals surface area contributed by atoms with Crippen LogP contribution in [0.4, 0.5) is 0 Å². The van der Waals surface area contributed by atoms with E-state index in [-0.39, 0.29) is 6.10 Å². The molecule has 76 valence electrons. The van der Waals surface area contributed by atoms with Crippen LogP contribution in [0, 0.1) is 5.92 Å². The van der Waals surface area contributed by atoms with Gasteiger partial charge in [-0.25, -0.2) is 0 Å². The van der Waals surface area contributed by atoms with Crippen molar-refractivity contribution in [1.82, 2.24) is 4.98 Å². The Balaban J connectivity index is 2.16. The van der Waals surface area contributed by atoms with Crippen LogP contribution in [-0.4, -0.2) is 10.1 Å². The first kappa shape index (κ1) is 8.86. The standard InChI is InChI=1S/C13H13NO/c15-13(10-5-6-10)12-11-4-2-1-3-9(11)7-8-14-12/h1-4,7-8,10,13,15H,5-6H2. The number of aromatic nitrogens is 1. The lowest BCUT2D eigenvalue weighted by atomic mass is 10.0. The summed E-state index contributed by atoms with van der Waals surface area (Å²) in [5.74, 6) is 0.434. The van der Waals surface area contributed by atoms with Gasteiger partial charge in [-0.1, -0.05) is 24.3 Å². The maximum atomic E-state index is 10.1. The molecule has 2 aromatic rings. The number of rotatable bonds is 2. The molecular formula is C13H13NO. The van der Waals surface area contributed by atoms with E-state index in [2.05, 4.69) is 11.1 Å². The average Bonchev–Trinajstić information content (AvgIpc) is 3.11. The van der Waals surface area contributed by atoms with Gasteiger partial charge in [0.2, 0.25) is 0 Å². The fourth-order valence-electron chi connectivity index (χ4n) is 2.01. The lowest BCUT2D eigenvalue weighted by molar-refractivity contribution is 0.151. The molecule has 2 heteroatoms. The fourth-order valence-corrected chi connectivity index (χ4v) is 2.01. The molecule has 1 heterocycles. The Bertz CT molecular complexity index is 485. The van der Waals surface area contributed by atoms with Crippen LogP contribution < -0.4 is 0 Å². The van der Waals surface area contributed by atoms with Crippen molar-refractivity contribution in [3.05, 3.63) is 42.2 Å². The fraction of sp³-hybridized carbons (Fsp3) is 0.308. The van der Waals surface area contributed by atoms with E-state index in [9.17, 15) is 5.11 Å². The minimum Gasteiger partial charge on any atom is -0.386 e. The molecule has 1 atom stereocenters. The van der Waals surface area contributed by atoms with E-state index in [1.165, 1.54) is 0 Å². The zero-order chi connectivity index (χ0) is 10.3. The number of nitrogens with zero attached hydrogens (tertiary/aromatic N) is 1. The van der Waals surface area contributed by atoms with Gasteiger partial charge in [0.05, 0.1) is 11.8 Å². The van der Waals surface area contributed by atoms with Crippen LogP contribution in [0.3, 0.4) is 0 Å². The van der Waals surface area contributed by atoms with Crippen LogP contribution in [0.5, 0.6) is 0 Å². The van der Waals surface area contributed by atoms with Gasteiger partial charge in [0.1, 0.15) is 0 Å². The molecule has 0 radical (unpaired) electrons. The number of fused-ring (bicyclic) bond motifs is 1. The lowest BCUT2D eigenvalue weighted by Gasteiger charge is -2.11. The van der Waals surface area contributed by atoms with Gasteiger partial charge in [-0.15, -0.1) is 0 Å². The molecule has 1 aliphatic carbocycles. The van der Waals surface area contributed by atoms with Crippen LogP contribution in [0.1, 0.15) is 24.6 Å². The summed E-state index contributed by atoms with van der Waals surface area (Å²) in [7, 11) is 0. The van der Waals surface area contributed by atoms with Crippen molar-refractivity contribution in [2.75, 3.05) is 0 Å². The van der Waals surface area contributed by atoms with Crippen molar-refractivity contribution in [3.8, 4) is 0 Å². The van der Waals surface area contributed by atoms with E-state index in [1.54, 1.807) is 6.20 Å². The average molecular weight is 199 g/mol. The zero-order valence-electron chi connectivity index (χ0n) is 8.43. The van der Waals surface area contributed by atoms with E-state index in [0.717, 1.165) is 29.3 Å². The number of aliphatic hydroxyl groups is 1. The summed E-state index contributed by atoms with van der Waals surface area (Å²) in [6, 6.07) is 10.1. The molecule has 15 heavy (non-hydrogen) atoms. The summed E-state index contributed by atoms with van der Waals surface area (Å²) in [4.78, 5) is 4.32. The third kappa shape index (κ3) is 1.51. The van der Waals surface area contributed by atoms with Gasteiger partial charge < -0.3 is 5.11 Å². The number of pyridine rings is 1. The number of benzene rings is 1. The Morgan fingerprint density at radius 3 is 2.80 bits per heavy atom. The summed E-state index contributed by atoms with van der Waals surface area (Å²) >= 11 is 0. The second kappa shape index (κ2) is 3.31. The first-order chi connectivity index (χ1) is 7.36. The molecule has 3 rings (SSSR count). The largest absolute Gasteiger partial charge is 0.386 e. The van der Waals surface area contributed by atoms with Crippen molar-refractivity contribution < 1.29 is 5.11 Å². The SMILES string of the molecule is OC(c1nccc2ccccc12)C1CC1. The van der Waals surface area contributed by atoms with Gasteiger partial charge in [-0.05, 0) is 30.2 Å². The van der Waals surface area contributed by atoms with Crippen LogP contribution in [-0.2, 0) is 0 Å². The highest BCUT2D eigenvalue weighted by Crippen LogP contribution is 2.41. The second-order valence-electron chi connectivity index (χ2n) is 4.20. The smallest absolute Gasteiger partial charge is 0.0994 e. The molecule has 1 aliphatic rings. The molecule has 0 spiro atoms. The molecule has 1 aromatic heterocycles. The molecule has 1 N–H and O–H groups in total. The Morgan fingerprint density at radius 2 is 2.00 bits per heavy atom. The molecule has 1 unspecified atom stereocenters. The zero-order valence-corrected chi connectivity index (χ0v) is 8.43. The molecule has 0 aliphatic heterocycles. The van der Waals surface area contributed by atoms with Crippen molar-refractivity contribution in [1.29, 1.82) is 0 Å². The van der Waals surface area contributed by atoms with Crippen molar-refractivity contribution in [2.45, 2.75) is 18.9 Å². The van der Waals surface area contributed by atoms with Crippen molar-refractivity contribution in [3.63, 3.8) is 0 Å². The van der Waals surface area contributed by atoms with Gasteiger partial charge in [0.25, 0.3) is 0 Å². The van der Waals surface area contributed by atoms with Gasteiger partial charge in [-0.2, -0.15) is 0 Å². The van der Waals surface area contributed by atoms with Crippen molar-refractivity contribution in [2.24, 2.45) is 5.92 Å². The molecule has 1 aromatic carbocycles. The Labute approximate surface area is 88.6 Å². The van der Waals surface area contributed by atoms with Crippen LogP contribution >= 0.6 is 0 Å². The topological polar surface area (TPSA) is 33.1 Å². The Kier molecular flexibility index (Phi) is 1.96. The monoisotopic (exact) mass is 199 g/mol. The first-order valence-electron chi connectivity index (χ1n) is 5.38. The molecular weight excluding hydrogens is 186 g/mol. The molecule has 0 bridgehead atoms. The predicted molar refractivity (Wildman–Crippen MR) is 59.4 cm³/mol. The number of aliphatic hydroxyl groups excluding tert-OH is 1. The second-order valence-corrected chi connectivity index (χ2v) is 4.20. The maximum Gasteiger partial charge on any atom is 0.0994 e. The lowest BCUT2D eigenvalue weighted by Crippen LogP contribution is -2.02. The van der Waals surface area contributed by atoms with Gasteiger partial charge in [-0.3, -0.25) is 4.98 Å². The van der Waals surface area contributed by atoms with Crippen LogP contribution in [0.2, 0.25) is 0 Å². The summed E-state index contributed by atoms with van der Waals surface area (Å²) < 4.78 is 0. The van der Waals surface area contributed by atoms with Crippen LogP contribution in [0.25, 0.3) is 10.8 Å². The highest BCUT2D eigenvalue weighted by Gasteiger charge is 2.32. The summed E-state index contributed by atoms with van der Waals surface area (Å²) in [6.45, 7) is 0. The van der Waals surface area contributed by atoms with E-state index in [0.29, 0.717) is 5.92 Å². The number of hydrogen-bond donors (Lipinski definition) is 1. The minimum absolute atomic E-state index is 0.379. The summed E-state index contributed by atoms with van der Waals surface area (Å²) in [6.07, 6.45) is 3.66. The van der Waals surface area contributed by atoms with Crippen LogP contribution in [0.15, 0.2) is 36.5 Å². The number of hydrogen-bond acceptors (Lipinski definition) is 2. The van der Waals surface area contributed by atoms with E-state index < -0.39 is 0 Å². The Morgan fingerprint density at radius 1 is 1.20 bits per heavy atom. The summed E-state index contributed by atoms with van der Waals surface area (Å²) in [5, 5.41) is 12.3. The van der Waals surface area contributed by atoms with E-state index >= 15 is 0 Å². The van der Waals surface area contributed by atoms with E-state index in [1.807, 2.05) is 24.3 Å². The van der Waals surface area contributed by atoms with Crippen molar-refractivity contribution >= 4 is 10.8 Å². The molecule has 0 saturated heterocycles. The highest BCUT2D eigenvalue weighted by molar-refractivity contribution is 5.84. The first-order valence-corrected chi connectivity index (χ1v) is 5.38. The summed E-state index contributed by atoms with van der Waals surface area (Å²) in [5.41, 5.74) is 0.843. The predicted octanol–water partition coefficient (Wildman–Crippen LogP) is 2.68. The molecule has 1 fully saturated rings. The molecule has 1 saturated carbocycles. The van der Waals surface area contributed by atoms with Gasteiger partial charge >= 0.3 is 0 Å². The minimum atomic E-state index is -0.379. The third-order valence-electron chi connectivity index (χ3n) is 3.05. The normalized spacial score (nSPS) is 17.9. The highest BCUT2D eigenvalue weighted by atomic mass is 16.3. The van der Waals surface area contributed by atoms with Gasteiger partial charge in [0.15, 0.2) is 0 Å². The molecule has 0 amide bonds. The Hall–Kier alpha value is -1.41.